The maximum Gasteiger partial charge on any atom is 0.387 e. The SMILES string of the molecule is CCNC(=NCc1c(F)cccc1OC(F)F)NCC1(CCO)CCCCC1. The zero-order valence-corrected chi connectivity index (χ0v) is 16.3. The Morgan fingerprint density at radius 3 is 2.64 bits per heavy atom. The number of rotatable bonds is 9. The van der Waals surface area contributed by atoms with Gasteiger partial charge in [0.1, 0.15) is 11.6 Å². The minimum Gasteiger partial charge on any atom is -0.434 e. The molecule has 1 aromatic carbocycles. The molecule has 0 unspecified atom stereocenters. The van der Waals surface area contributed by atoms with Crippen molar-refractivity contribution < 1.29 is 23.0 Å². The quantitative estimate of drug-likeness (QED) is 0.435. The van der Waals surface area contributed by atoms with Crippen LogP contribution in [0.1, 0.15) is 51.0 Å². The van der Waals surface area contributed by atoms with Crippen LogP contribution in [0.5, 0.6) is 5.75 Å². The third-order valence-corrected chi connectivity index (χ3v) is 5.22. The summed E-state index contributed by atoms with van der Waals surface area (Å²) < 4.78 is 43.7. The van der Waals surface area contributed by atoms with Gasteiger partial charge in [-0.05, 0) is 43.7 Å². The molecule has 0 amide bonds. The second kappa shape index (κ2) is 11.1. The van der Waals surface area contributed by atoms with Crippen LogP contribution in [-0.4, -0.2) is 37.4 Å². The topological polar surface area (TPSA) is 65.9 Å². The van der Waals surface area contributed by atoms with Gasteiger partial charge < -0.3 is 20.5 Å². The largest absolute Gasteiger partial charge is 0.434 e. The molecule has 0 radical (unpaired) electrons. The van der Waals surface area contributed by atoms with E-state index in [0.717, 1.165) is 32.1 Å². The number of hydrogen-bond donors (Lipinski definition) is 3. The molecule has 0 aromatic heterocycles. The Morgan fingerprint density at radius 2 is 2.00 bits per heavy atom. The third kappa shape index (κ3) is 6.58. The van der Waals surface area contributed by atoms with Gasteiger partial charge in [0.25, 0.3) is 0 Å². The lowest BCUT2D eigenvalue weighted by molar-refractivity contribution is -0.0506. The number of aliphatic imine (C=N–C) groups is 1. The summed E-state index contributed by atoms with van der Waals surface area (Å²) in [6.07, 6.45) is 6.29. The summed E-state index contributed by atoms with van der Waals surface area (Å²) in [6, 6.07) is 3.83. The molecular weight excluding hydrogens is 371 g/mol. The van der Waals surface area contributed by atoms with Crippen molar-refractivity contribution in [2.75, 3.05) is 19.7 Å². The van der Waals surface area contributed by atoms with Crippen LogP contribution in [0.3, 0.4) is 0 Å². The highest BCUT2D eigenvalue weighted by atomic mass is 19.3. The average molecular weight is 401 g/mol. The Bertz CT molecular complexity index is 630. The molecule has 0 saturated heterocycles. The Hall–Kier alpha value is -1.96. The van der Waals surface area contributed by atoms with Crippen LogP contribution in [0.2, 0.25) is 0 Å². The number of aliphatic hydroxyl groups is 1. The van der Waals surface area contributed by atoms with Crippen molar-refractivity contribution in [1.82, 2.24) is 10.6 Å². The molecule has 28 heavy (non-hydrogen) atoms. The molecule has 0 spiro atoms. The van der Waals surface area contributed by atoms with Crippen molar-refractivity contribution in [1.29, 1.82) is 0 Å². The molecule has 1 aliphatic carbocycles. The number of ether oxygens (including phenoxy) is 1. The minimum absolute atomic E-state index is 0.0114. The first kappa shape index (κ1) is 22.3. The van der Waals surface area contributed by atoms with Gasteiger partial charge in [0.05, 0.1) is 12.1 Å². The lowest BCUT2D eigenvalue weighted by Gasteiger charge is -2.37. The number of halogens is 3. The van der Waals surface area contributed by atoms with Gasteiger partial charge in [0.2, 0.25) is 0 Å². The Labute approximate surface area is 164 Å². The Balaban J connectivity index is 2.10. The summed E-state index contributed by atoms with van der Waals surface area (Å²) in [5, 5.41) is 15.8. The van der Waals surface area contributed by atoms with Crippen molar-refractivity contribution in [3.05, 3.63) is 29.6 Å². The molecule has 1 aliphatic rings. The van der Waals surface area contributed by atoms with Gasteiger partial charge in [0.15, 0.2) is 5.96 Å². The van der Waals surface area contributed by atoms with E-state index in [4.69, 9.17) is 0 Å². The van der Waals surface area contributed by atoms with E-state index in [2.05, 4.69) is 20.4 Å². The van der Waals surface area contributed by atoms with Crippen LogP contribution < -0.4 is 15.4 Å². The first-order chi connectivity index (χ1) is 13.5. The van der Waals surface area contributed by atoms with Crippen molar-refractivity contribution in [2.45, 2.75) is 58.6 Å². The van der Waals surface area contributed by atoms with E-state index in [1.54, 1.807) is 0 Å². The third-order valence-electron chi connectivity index (χ3n) is 5.22. The number of aliphatic hydroxyl groups excluding tert-OH is 1. The zero-order valence-electron chi connectivity index (χ0n) is 16.3. The van der Waals surface area contributed by atoms with Gasteiger partial charge in [-0.2, -0.15) is 8.78 Å². The highest BCUT2D eigenvalue weighted by Crippen LogP contribution is 2.38. The molecule has 158 valence electrons. The van der Waals surface area contributed by atoms with Gasteiger partial charge in [-0.3, -0.25) is 0 Å². The number of benzene rings is 1. The summed E-state index contributed by atoms with van der Waals surface area (Å²) >= 11 is 0. The van der Waals surface area contributed by atoms with Gasteiger partial charge in [0, 0.05) is 19.7 Å². The maximum atomic E-state index is 14.1. The lowest BCUT2D eigenvalue weighted by atomic mass is 9.72. The van der Waals surface area contributed by atoms with Crippen LogP contribution in [0, 0.1) is 11.2 Å². The smallest absolute Gasteiger partial charge is 0.387 e. The molecule has 0 heterocycles. The van der Waals surface area contributed by atoms with E-state index >= 15 is 0 Å². The fraction of sp³-hybridized carbons (Fsp3) is 0.650. The summed E-state index contributed by atoms with van der Waals surface area (Å²) in [5.74, 6) is -0.364. The molecule has 1 aromatic rings. The van der Waals surface area contributed by atoms with Crippen molar-refractivity contribution >= 4 is 5.96 Å². The van der Waals surface area contributed by atoms with Crippen molar-refractivity contribution in [3.63, 3.8) is 0 Å². The van der Waals surface area contributed by atoms with Crippen LogP contribution in [0.15, 0.2) is 23.2 Å². The number of nitrogens with zero attached hydrogens (tertiary/aromatic N) is 1. The highest BCUT2D eigenvalue weighted by molar-refractivity contribution is 5.79. The highest BCUT2D eigenvalue weighted by Gasteiger charge is 2.31. The molecule has 2 rings (SSSR count). The molecule has 5 nitrogen and oxygen atoms in total. The van der Waals surface area contributed by atoms with Gasteiger partial charge in [-0.25, -0.2) is 9.38 Å². The van der Waals surface area contributed by atoms with Gasteiger partial charge >= 0.3 is 6.61 Å². The minimum atomic E-state index is -3.03. The van der Waals surface area contributed by atoms with Crippen LogP contribution in [-0.2, 0) is 6.54 Å². The Morgan fingerprint density at radius 1 is 1.25 bits per heavy atom. The first-order valence-electron chi connectivity index (χ1n) is 9.85. The van der Waals surface area contributed by atoms with Gasteiger partial charge in [-0.15, -0.1) is 0 Å². The number of nitrogens with one attached hydrogen (secondary N) is 2. The summed E-state index contributed by atoms with van der Waals surface area (Å²) in [7, 11) is 0. The standard InChI is InChI=1S/C20H30F3N3O2/c1-2-24-19(26-14-20(11-12-27)9-4-3-5-10-20)25-13-15-16(21)7-6-8-17(15)28-18(22)23/h6-8,18,27H,2-5,9-14H2,1H3,(H2,24,25,26). The Kier molecular flexibility index (Phi) is 8.89. The summed E-state index contributed by atoms with van der Waals surface area (Å²) in [6.45, 7) is 0.153. The monoisotopic (exact) mass is 401 g/mol. The fourth-order valence-corrected chi connectivity index (χ4v) is 3.72. The summed E-state index contributed by atoms with van der Waals surface area (Å²) in [5.41, 5.74) is 0.00763. The maximum absolute atomic E-state index is 14.1. The fourth-order valence-electron chi connectivity index (χ4n) is 3.72. The zero-order chi connectivity index (χ0) is 20.4. The number of hydrogen-bond acceptors (Lipinski definition) is 3. The average Bonchev–Trinajstić information content (AvgIpc) is 2.66. The van der Waals surface area contributed by atoms with Crippen molar-refractivity contribution in [3.8, 4) is 5.75 Å². The molecule has 1 fully saturated rings. The predicted molar refractivity (Wildman–Crippen MR) is 103 cm³/mol. The number of alkyl halides is 2. The van der Waals surface area contributed by atoms with E-state index in [0.29, 0.717) is 19.0 Å². The van der Waals surface area contributed by atoms with E-state index in [-0.39, 0.29) is 29.9 Å². The first-order valence-corrected chi connectivity index (χ1v) is 9.85. The normalized spacial score (nSPS) is 16.9. The molecule has 3 N–H and O–H groups in total. The van der Waals surface area contributed by atoms with E-state index in [9.17, 15) is 18.3 Å². The molecule has 1 saturated carbocycles. The van der Waals surface area contributed by atoms with E-state index < -0.39 is 12.4 Å². The molecule has 8 heteroatoms. The number of guanidine groups is 1. The predicted octanol–water partition coefficient (Wildman–Crippen LogP) is 3.82. The second-order valence-electron chi connectivity index (χ2n) is 7.18. The van der Waals surface area contributed by atoms with Crippen LogP contribution in [0.25, 0.3) is 0 Å². The molecule has 0 bridgehead atoms. The van der Waals surface area contributed by atoms with E-state index in [1.807, 2.05) is 6.92 Å². The van der Waals surface area contributed by atoms with Crippen molar-refractivity contribution in [2.24, 2.45) is 10.4 Å². The van der Waals surface area contributed by atoms with Gasteiger partial charge in [-0.1, -0.05) is 25.3 Å². The second-order valence-corrected chi connectivity index (χ2v) is 7.18. The molecule has 0 atom stereocenters. The molecular formula is C20H30F3N3O2. The lowest BCUT2D eigenvalue weighted by Crippen LogP contribution is -2.45. The summed E-state index contributed by atoms with van der Waals surface area (Å²) in [4.78, 5) is 4.36. The van der Waals surface area contributed by atoms with Crippen LogP contribution in [0.4, 0.5) is 13.2 Å². The van der Waals surface area contributed by atoms with E-state index in [1.165, 1.54) is 24.6 Å². The molecule has 0 aliphatic heterocycles. The van der Waals surface area contributed by atoms with Crippen LogP contribution >= 0.6 is 0 Å².